The van der Waals surface area contributed by atoms with E-state index < -0.39 is 24.1 Å². The van der Waals surface area contributed by atoms with Gasteiger partial charge in [-0.3, -0.25) is 14.9 Å². The van der Waals surface area contributed by atoms with Gasteiger partial charge in [0.15, 0.2) is 6.17 Å². The maximum absolute atomic E-state index is 12.0. The van der Waals surface area contributed by atoms with E-state index in [1.165, 1.54) is 38.5 Å². The summed E-state index contributed by atoms with van der Waals surface area (Å²) < 4.78 is 0. The van der Waals surface area contributed by atoms with Gasteiger partial charge in [0, 0.05) is 6.42 Å². The molecule has 0 heterocycles. The highest BCUT2D eigenvalue weighted by Crippen LogP contribution is 2.10. The van der Waals surface area contributed by atoms with Crippen molar-refractivity contribution >= 4 is 17.8 Å². The van der Waals surface area contributed by atoms with Crippen molar-refractivity contribution in [3.8, 4) is 0 Å². The van der Waals surface area contributed by atoms with Gasteiger partial charge in [-0.05, 0) is 18.8 Å². The molecule has 0 saturated carbocycles. The Morgan fingerprint density at radius 1 is 0.815 bits per heavy atom. The molecule has 0 aromatic rings. The van der Waals surface area contributed by atoms with Gasteiger partial charge >= 0.3 is 11.9 Å². The second-order valence-electron chi connectivity index (χ2n) is 7.60. The molecule has 0 aromatic heterocycles. The van der Waals surface area contributed by atoms with Crippen LogP contribution >= 0.6 is 0 Å². The van der Waals surface area contributed by atoms with Gasteiger partial charge in [-0.15, -0.1) is 0 Å². The zero-order valence-corrected chi connectivity index (χ0v) is 17.1. The van der Waals surface area contributed by atoms with Gasteiger partial charge in [0.25, 0.3) is 0 Å². The number of aliphatic carboxylic acids is 2. The van der Waals surface area contributed by atoms with Crippen molar-refractivity contribution in [2.24, 2.45) is 5.92 Å². The Morgan fingerprint density at radius 3 is 1.78 bits per heavy atom. The lowest BCUT2D eigenvalue weighted by Gasteiger charge is -2.22. The zero-order chi connectivity index (χ0) is 20.7. The molecule has 7 nitrogen and oxygen atoms in total. The topological polar surface area (TPSA) is 116 Å². The van der Waals surface area contributed by atoms with Crippen LogP contribution in [0.3, 0.4) is 0 Å². The number of carboxylic acid groups (broad SMARTS) is 2. The standard InChI is InChI=1S/C20H38N2O5/c1-4-5-6-7-8-9-10-11-12-13-17(23)22-18(20(26)27)21-16(19(24)25)14-15(2)3/h15-16,18,21H,4-14H2,1-3H3,(H,22,23)(H,24,25)(H,26,27)/t16-,18?/m0/s1. The second kappa shape index (κ2) is 15.4. The number of nitrogens with one attached hydrogen (secondary N) is 2. The molecule has 0 rings (SSSR count). The predicted molar refractivity (Wildman–Crippen MR) is 105 cm³/mol. The lowest BCUT2D eigenvalue weighted by atomic mass is 10.0. The average Bonchev–Trinajstić information content (AvgIpc) is 2.58. The number of carboxylic acids is 2. The van der Waals surface area contributed by atoms with Gasteiger partial charge in [0.2, 0.25) is 5.91 Å². The molecule has 1 amide bonds. The van der Waals surface area contributed by atoms with Gasteiger partial charge in [-0.2, -0.15) is 0 Å². The van der Waals surface area contributed by atoms with Crippen LogP contribution in [0.15, 0.2) is 0 Å². The van der Waals surface area contributed by atoms with Gasteiger partial charge in [-0.25, -0.2) is 4.79 Å². The quantitative estimate of drug-likeness (QED) is 0.224. The molecular formula is C20H38N2O5. The minimum atomic E-state index is -1.39. The van der Waals surface area contributed by atoms with Crippen LogP contribution in [0.25, 0.3) is 0 Å². The third-order valence-corrected chi connectivity index (χ3v) is 4.43. The first-order valence-corrected chi connectivity index (χ1v) is 10.3. The molecule has 0 fully saturated rings. The fourth-order valence-corrected chi connectivity index (χ4v) is 2.92. The summed E-state index contributed by atoms with van der Waals surface area (Å²) >= 11 is 0. The highest BCUT2D eigenvalue weighted by molar-refractivity contribution is 5.84. The minimum absolute atomic E-state index is 0.0886. The Balaban J connectivity index is 4.11. The first-order chi connectivity index (χ1) is 12.8. The third-order valence-electron chi connectivity index (χ3n) is 4.43. The molecule has 0 aromatic carbocycles. The largest absolute Gasteiger partial charge is 0.480 e. The number of hydrogen-bond donors (Lipinski definition) is 4. The lowest BCUT2D eigenvalue weighted by molar-refractivity contribution is -0.145. The summed E-state index contributed by atoms with van der Waals surface area (Å²) in [5.41, 5.74) is 0. The molecule has 27 heavy (non-hydrogen) atoms. The Hall–Kier alpha value is -1.63. The zero-order valence-electron chi connectivity index (χ0n) is 17.1. The summed E-state index contributed by atoms with van der Waals surface area (Å²) in [6, 6.07) is -1.01. The van der Waals surface area contributed by atoms with Crippen LogP contribution < -0.4 is 10.6 Å². The molecule has 2 atom stereocenters. The second-order valence-corrected chi connectivity index (χ2v) is 7.60. The summed E-state index contributed by atoms with van der Waals surface area (Å²) in [4.78, 5) is 34.6. The first kappa shape index (κ1) is 25.4. The van der Waals surface area contributed by atoms with Crippen molar-refractivity contribution in [1.82, 2.24) is 10.6 Å². The van der Waals surface area contributed by atoms with Gasteiger partial charge in [0.1, 0.15) is 6.04 Å². The number of amides is 1. The summed E-state index contributed by atoms with van der Waals surface area (Å²) in [5, 5.41) is 23.4. The molecule has 158 valence electrons. The number of carbonyl (C=O) groups is 3. The van der Waals surface area contributed by atoms with Crippen molar-refractivity contribution in [3.05, 3.63) is 0 Å². The number of hydrogen-bond acceptors (Lipinski definition) is 4. The van der Waals surface area contributed by atoms with Crippen LogP contribution in [0.4, 0.5) is 0 Å². The molecule has 0 aliphatic carbocycles. The van der Waals surface area contributed by atoms with Crippen LogP contribution in [-0.4, -0.2) is 40.3 Å². The monoisotopic (exact) mass is 386 g/mol. The van der Waals surface area contributed by atoms with Crippen LogP contribution in [0.5, 0.6) is 0 Å². The molecule has 0 aliphatic heterocycles. The smallest absolute Gasteiger partial charge is 0.341 e. The molecule has 0 aliphatic rings. The molecule has 0 spiro atoms. The molecule has 0 saturated heterocycles. The summed E-state index contributed by atoms with van der Waals surface area (Å²) in [6.45, 7) is 5.91. The van der Waals surface area contributed by atoms with Crippen LogP contribution in [-0.2, 0) is 14.4 Å². The predicted octanol–water partition coefficient (Wildman–Crippen LogP) is 3.52. The fourth-order valence-electron chi connectivity index (χ4n) is 2.92. The fraction of sp³-hybridized carbons (Fsp3) is 0.850. The van der Waals surface area contributed by atoms with Gasteiger partial charge < -0.3 is 15.5 Å². The third kappa shape index (κ3) is 14.1. The van der Waals surface area contributed by atoms with E-state index in [9.17, 15) is 24.6 Å². The van der Waals surface area contributed by atoms with E-state index in [4.69, 9.17) is 0 Å². The molecular weight excluding hydrogens is 348 g/mol. The van der Waals surface area contributed by atoms with E-state index in [1.807, 2.05) is 13.8 Å². The molecule has 0 radical (unpaired) electrons. The number of rotatable bonds is 17. The maximum atomic E-state index is 12.0. The normalized spacial score (nSPS) is 13.3. The van der Waals surface area contributed by atoms with E-state index in [0.717, 1.165) is 12.8 Å². The Labute approximate surface area is 163 Å². The maximum Gasteiger partial charge on any atom is 0.341 e. The van der Waals surface area contributed by atoms with Crippen LogP contribution in [0, 0.1) is 5.92 Å². The van der Waals surface area contributed by atoms with Gasteiger partial charge in [-0.1, -0.05) is 72.1 Å². The lowest BCUT2D eigenvalue weighted by Crippen LogP contribution is -2.56. The Bertz CT molecular complexity index is 440. The van der Waals surface area contributed by atoms with Crippen LogP contribution in [0.2, 0.25) is 0 Å². The van der Waals surface area contributed by atoms with E-state index >= 15 is 0 Å². The Morgan fingerprint density at radius 2 is 1.33 bits per heavy atom. The SMILES string of the molecule is CCCCCCCCCCCC(=O)NC(N[C@@H](CC(C)C)C(=O)O)C(=O)O. The van der Waals surface area contributed by atoms with Crippen molar-refractivity contribution in [1.29, 1.82) is 0 Å². The van der Waals surface area contributed by atoms with E-state index in [2.05, 4.69) is 17.6 Å². The van der Waals surface area contributed by atoms with E-state index in [-0.39, 0.29) is 24.7 Å². The highest BCUT2D eigenvalue weighted by atomic mass is 16.4. The van der Waals surface area contributed by atoms with E-state index in [1.54, 1.807) is 0 Å². The van der Waals surface area contributed by atoms with Crippen molar-refractivity contribution in [2.45, 2.75) is 104 Å². The Kier molecular flexibility index (Phi) is 14.5. The van der Waals surface area contributed by atoms with Crippen LogP contribution in [0.1, 0.15) is 91.4 Å². The number of carbonyl (C=O) groups excluding carboxylic acids is 1. The average molecular weight is 387 g/mol. The first-order valence-electron chi connectivity index (χ1n) is 10.3. The van der Waals surface area contributed by atoms with E-state index in [0.29, 0.717) is 6.42 Å². The minimum Gasteiger partial charge on any atom is -0.480 e. The molecule has 0 bridgehead atoms. The molecule has 1 unspecified atom stereocenters. The summed E-state index contributed by atoms with van der Waals surface area (Å²) in [5.74, 6) is -2.69. The van der Waals surface area contributed by atoms with Crippen molar-refractivity contribution < 1.29 is 24.6 Å². The summed E-state index contributed by atoms with van der Waals surface area (Å²) in [6.07, 6.45) is 9.35. The number of unbranched alkanes of at least 4 members (excludes halogenated alkanes) is 8. The highest BCUT2D eigenvalue weighted by Gasteiger charge is 2.27. The van der Waals surface area contributed by atoms with Crippen molar-refractivity contribution in [2.75, 3.05) is 0 Å². The molecule has 4 N–H and O–H groups in total. The summed E-state index contributed by atoms with van der Waals surface area (Å²) in [7, 11) is 0. The van der Waals surface area contributed by atoms with Gasteiger partial charge in [0.05, 0.1) is 0 Å². The van der Waals surface area contributed by atoms with Crippen molar-refractivity contribution in [3.63, 3.8) is 0 Å². The molecule has 7 heteroatoms.